The molecule has 0 saturated heterocycles. The Hall–Kier alpha value is -2.41. The third-order valence-electron chi connectivity index (χ3n) is 5.62. The number of hydrogen-bond acceptors (Lipinski definition) is 2. The second kappa shape index (κ2) is 10.2. The molecule has 1 heterocycles. The van der Waals surface area contributed by atoms with E-state index in [1.54, 1.807) is 0 Å². The van der Waals surface area contributed by atoms with Crippen LogP contribution < -0.4 is 21.3 Å². The average molecular weight is 530 g/mol. The topological polar surface area (TPSA) is 12.9 Å². The van der Waals surface area contributed by atoms with Crippen LogP contribution in [0.25, 0.3) is 10.1 Å². The van der Waals surface area contributed by atoms with Crippen molar-refractivity contribution < 1.29 is 0 Å². The predicted octanol–water partition coefficient (Wildman–Crippen LogP) is 5.54. The second-order valence-corrected chi connectivity index (χ2v) is 14.9. The second-order valence-electron chi connectivity index (χ2n) is 7.61. The normalized spacial score (nSPS) is 11.4. The van der Waals surface area contributed by atoms with Crippen molar-refractivity contribution in [3.8, 4) is 10.1 Å². The van der Waals surface area contributed by atoms with Crippen LogP contribution in [0.3, 0.4) is 0 Å². The van der Waals surface area contributed by atoms with Crippen LogP contribution in [0.4, 0.5) is 0 Å². The van der Waals surface area contributed by atoms with Gasteiger partial charge >= 0.3 is 208 Å². The Morgan fingerprint density at radius 1 is 0.636 bits per heavy atom. The molecule has 0 aliphatic heterocycles. The van der Waals surface area contributed by atoms with Crippen molar-refractivity contribution >= 4 is 54.9 Å². The molecule has 0 saturated carbocycles. The van der Waals surface area contributed by atoms with Crippen LogP contribution in [0.15, 0.2) is 125 Å². The summed E-state index contributed by atoms with van der Waals surface area (Å²) in [6, 6.07) is 43.9. The molecule has 1 nitrogen and oxygen atoms in total. The van der Waals surface area contributed by atoms with Crippen molar-refractivity contribution in [3.63, 3.8) is 0 Å². The van der Waals surface area contributed by atoms with Crippen LogP contribution in [0, 0.1) is 0 Å². The van der Waals surface area contributed by atoms with Crippen LogP contribution in [0.5, 0.6) is 0 Å². The number of aromatic nitrogens is 1. The Bertz CT molecular complexity index is 1210. The molecule has 1 aromatic heterocycles. The summed E-state index contributed by atoms with van der Waals surface area (Å²) in [5.41, 5.74) is 2.53. The summed E-state index contributed by atoms with van der Waals surface area (Å²) in [5.74, 6) is 1.05. The van der Waals surface area contributed by atoms with E-state index in [0.717, 1.165) is 5.75 Å². The molecule has 33 heavy (non-hydrogen) atoms. The van der Waals surface area contributed by atoms with E-state index in [1.807, 2.05) is 11.8 Å². The fraction of sp³-hybridized carbons (Fsp3) is 0.0690. The van der Waals surface area contributed by atoms with Crippen molar-refractivity contribution in [3.05, 3.63) is 121 Å². The standard InChI is InChI=1S/C29H25NPSSe/c1-2-32-29-27(30-28(33-29)23-15-7-3-8-16-23)31(24-17-9-4-10-18-24,25-19-11-5-12-20-25)26-21-13-6-14-22-26/h3-22H,2H2,1H3/q+1. The summed E-state index contributed by atoms with van der Waals surface area (Å²) in [4.78, 5) is 5.51. The summed E-state index contributed by atoms with van der Waals surface area (Å²) in [5, 5.41) is 4.08. The Labute approximate surface area is 207 Å². The first-order valence-corrected chi connectivity index (χ1v) is 15.6. The zero-order valence-electron chi connectivity index (χ0n) is 18.5. The van der Waals surface area contributed by atoms with E-state index in [2.05, 4.69) is 128 Å². The van der Waals surface area contributed by atoms with Gasteiger partial charge < -0.3 is 0 Å². The van der Waals surface area contributed by atoms with E-state index < -0.39 is 7.26 Å². The predicted molar refractivity (Wildman–Crippen MR) is 148 cm³/mol. The van der Waals surface area contributed by atoms with Crippen LogP contribution >= 0.6 is 19.0 Å². The average Bonchev–Trinajstić information content (AvgIpc) is 3.31. The Morgan fingerprint density at radius 2 is 1.06 bits per heavy atom. The molecule has 0 aliphatic carbocycles. The zero-order chi connectivity index (χ0) is 22.5. The molecular formula is C29H25NPSSe+. The zero-order valence-corrected chi connectivity index (χ0v) is 21.9. The minimum absolute atomic E-state index is 0.195. The van der Waals surface area contributed by atoms with Crippen molar-refractivity contribution in [2.24, 2.45) is 0 Å². The van der Waals surface area contributed by atoms with Gasteiger partial charge in [0.2, 0.25) is 0 Å². The van der Waals surface area contributed by atoms with Crippen LogP contribution in [0.2, 0.25) is 0 Å². The molecule has 0 fully saturated rings. The van der Waals surface area contributed by atoms with Crippen LogP contribution in [0.1, 0.15) is 6.92 Å². The quantitative estimate of drug-likeness (QED) is 0.156. The Morgan fingerprint density at radius 3 is 1.48 bits per heavy atom. The van der Waals surface area contributed by atoms with E-state index >= 15 is 0 Å². The third kappa shape index (κ3) is 4.27. The molecule has 4 aromatic carbocycles. The van der Waals surface area contributed by atoms with E-state index in [4.69, 9.17) is 4.98 Å². The number of hydrogen-bond donors (Lipinski definition) is 0. The van der Waals surface area contributed by atoms with Gasteiger partial charge in [0.25, 0.3) is 0 Å². The van der Waals surface area contributed by atoms with Gasteiger partial charge in [0.15, 0.2) is 0 Å². The van der Waals surface area contributed by atoms with Crippen molar-refractivity contribution in [1.29, 1.82) is 0 Å². The molecule has 0 bridgehead atoms. The molecule has 0 spiro atoms. The molecule has 162 valence electrons. The van der Waals surface area contributed by atoms with E-state index in [0.29, 0.717) is 0 Å². The van der Waals surface area contributed by atoms with Gasteiger partial charge in [0, 0.05) is 0 Å². The fourth-order valence-electron chi connectivity index (χ4n) is 4.21. The number of thioether (sulfide) groups is 1. The summed E-state index contributed by atoms with van der Waals surface area (Å²) >= 11 is 2.17. The van der Waals surface area contributed by atoms with Gasteiger partial charge in [0.1, 0.15) is 0 Å². The Balaban J connectivity index is 1.89. The molecule has 4 heteroatoms. The van der Waals surface area contributed by atoms with Crippen LogP contribution in [-0.4, -0.2) is 25.2 Å². The van der Waals surface area contributed by atoms with Gasteiger partial charge in [-0.15, -0.1) is 0 Å². The van der Waals surface area contributed by atoms with Gasteiger partial charge in [-0.3, -0.25) is 0 Å². The van der Waals surface area contributed by atoms with Crippen molar-refractivity contribution in [2.75, 3.05) is 5.75 Å². The molecule has 0 aliphatic rings. The first-order valence-electron chi connectivity index (χ1n) is 11.1. The first-order chi connectivity index (χ1) is 16.3. The monoisotopic (exact) mass is 530 g/mol. The molecule has 0 unspecified atom stereocenters. The molecule has 0 N–H and O–H groups in total. The summed E-state index contributed by atoms with van der Waals surface area (Å²) in [6.07, 6.45) is 0. The van der Waals surface area contributed by atoms with Gasteiger partial charge in [0.05, 0.1) is 0 Å². The van der Waals surface area contributed by atoms with Crippen molar-refractivity contribution in [2.45, 2.75) is 10.7 Å². The van der Waals surface area contributed by atoms with E-state index in [1.165, 1.54) is 35.2 Å². The Kier molecular flexibility index (Phi) is 6.95. The molecule has 0 atom stereocenters. The molecule has 5 aromatic rings. The molecule has 5 rings (SSSR count). The van der Waals surface area contributed by atoms with Gasteiger partial charge in [-0.25, -0.2) is 0 Å². The SMILES string of the molecule is CCSc1[se]c(-c2ccccc2)nc1[P+](c1ccccc1)(c1ccccc1)c1ccccc1. The molecule has 0 amide bonds. The summed E-state index contributed by atoms with van der Waals surface area (Å²) in [6.45, 7) is 2.25. The van der Waals surface area contributed by atoms with Gasteiger partial charge in [-0.05, 0) is 0 Å². The number of nitrogens with zero attached hydrogens (tertiary/aromatic N) is 1. The summed E-state index contributed by atoms with van der Waals surface area (Å²) < 4.78 is 2.70. The van der Waals surface area contributed by atoms with E-state index in [9.17, 15) is 0 Å². The number of rotatable bonds is 7. The molecule has 0 radical (unpaired) electrons. The third-order valence-corrected chi connectivity index (χ3v) is 14.1. The van der Waals surface area contributed by atoms with Gasteiger partial charge in [-0.2, -0.15) is 0 Å². The van der Waals surface area contributed by atoms with Gasteiger partial charge in [-0.1, -0.05) is 0 Å². The fourth-order valence-corrected chi connectivity index (χ4v) is 13.6. The maximum atomic E-state index is 5.51. The molecular weight excluding hydrogens is 504 g/mol. The van der Waals surface area contributed by atoms with E-state index in [-0.39, 0.29) is 14.5 Å². The summed E-state index contributed by atoms with van der Waals surface area (Å²) in [7, 11) is -2.16. The first kappa shape index (κ1) is 22.4. The minimum atomic E-state index is -2.16. The number of benzene rings is 4. The maximum absolute atomic E-state index is 5.51. The van der Waals surface area contributed by atoms with Crippen LogP contribution in [-0.2, 0) is 0 Å². The van der Waals surface area contributed by atoms with Crippen molar-refractivity contribution in [1.82, 2.24) is 4.98 Å².